The van der Waals surface area contributed by atoms with Crippen LogP contribution in [0.4, 0.5) is 0 Å². The van der Waals surface area contributed by atoms with Gasteiger partial charge < -0.3 is 24.1 Å². The van der Waals surface area contributed by atoms with E-state index in [0.29, 0.717) is 42.0 Å². The Hall–Kier alpha value is -2.12. The fourth-order valence-corrected chi connectivity index (χ4v) is 2.27. The molecule has 1 atom stereocenters. The maximum atomic E-state index is 5.41. The number of nitrogens with one attached hydrogen (secondary N) is 1. The Bertz CT molecular complexity index is 586. The Kier molecular flexibility index (Phi) is 4.03. The molecular formula is C14H17N3O4. The van der Waals surface area contributed by atoms with E-state index in [0.717, 1.165) is 6.54 Å². The van der Waals surface area contributed by atoms with Crippen molar-refractivity contribution < 1.29 is 18.7 Å². The summed E-state index contributed by atoms with van der Waals surface area (Å²) >= 11 is 0. The minimum Gasteiger partial charge on any atom is -0.496 e. The van der Waals surface area contributed by atoms with Crippen LogP contribution >= 0.6 is 0 Å². The van der Waals surface area contributed by atoms with E-state index in [2.05, 4.69) is 15.5 Å². The summed E-state index contributed by atoms with van der Waals surface area (Å²) in [6, 6.07) is 5.43. The summed E-state index contributed by atoms with van der Waals surface area (Å²) in [5, 5.41) is 7.31. The number of morpholine rings is 1. The van der Waals surface area contributed by atoms with Gasteiger partial charge in [0.25, 0.3) is 5.89 Å². The molecule has 0 radical (unpaired) electrons. The summed E-state index contributed by atoms with van der Waals surface area (Å²) in [4.78, 5) is 4.44. The second kappa shape index (κ2) is 6.11. The minimum atomic E-state index is -0.0584. The summed E-state index contributed by atoms with van der Waals surface area (Å²) < 4.78 is 21.5. The molecule has 1 unspecified atom stereocenters. The highest BCUT2D eigenvalue weighted by Crippen LogP contribution is 2.37. The van der Waals surface area contributed by atoms with Gasteiger partial charge in [0.2, 0.25) is 0 Å². The topological polar surface area (TPSA) is 78.6 Å². The van der Waals surface area contributed by atoms with E-state index >= 15 is 0 Å². The number of nitrogens with zero attached hydrogens (tertiary/aromatic N) is 2. The number of hydrogen-bond acceptors (Lipinski definition) is 7. The molecule has 1 aliphatic rings. The van der Waals surface area contributed by atoms with Crippen LogP contribution in [0, 0.1) is 0 Å². The largest absolute Gasteiger partial charge is 0.496 e. The van der Waals surface area contributed by atoms with Gasteiger partial charge in [0.15, 0.2) is 5.82 Å². The number of hydrogen-bond donors (Lipinski definition) is 1. The van der Waals surface area contributed by atoms with Crippen LogP contribution in [0.25, 0.3) is 11.5 Å². The zero-order valence-corrected chi connectivity index (χ0v) is 12.0. The van der Waals surface area contributed by atoms with Gasteiger partial charge in [-0.05, 0) is 12.1 Å². The van der Waals surface area contributed by atoms with E-state index in [-0.39, 0.29) is 6.04 Å². The molecule has 0 saturated carbocycles. The maximum absolute atomic E-state index is 5.41. The first kappa shape index (κ1) is 13.8. The SMILES string of the molecule is COc1cccc(OC)c1-c1nc(C2COCCN2)no1. The molecule has 112 valence electrons. The molecule has 7 nitrogen and oxygen atoms in total. The summed E-state index contributed by atoms with van der Waals surface area (Å²) in [5.41, 5.74) is 0.651. The predicted molar refractivity (Wildman–Crippen MR) is 74.4 cm³/mol. The first-order valence-electron chi connectivity index (χ1n) is 6.69. The molecule has 0 spiro atoms. The molecule has 1 saturated heterocycles. The Balaban J connectivity index is 1.95. The highest BCUT2D eigenvalue weighted by Gasteiger charge is 2.24. The number of rotatable bonds is 4. The van der Waals surface area contributed by atoms with Crippen molar-refractivity contribution in [3.05, 3.63) is 24.0 Å². The molecule has 1 aromatic carbocycles. The molecule has 7 heteroatoms. The zero-order chi connectivity index (χ0) is 14.7. The molecule has 0 amide bonds. The van der Waals surface area contributed by atoms with Crippen LogP contribution in [0.3, 0.4) is 0 Å². The quantitative estimate of drug-likeness (QED) is 0.912. The minimum absolute atomic E-state index is 0.0584. The van der Waals surface area contributed by atoms with Gasteiger partial charge in [-0.3, -0.25) is 0 Å². The predicted octanol–water partition coefficient (Wildman–Crippen LogP) is 1.41. The lowest BCUT2D eigenvalue weighted by Gasteiger charge is -2.20. The average molecular weight is 291 g/mol. The van der Waals surface area contributed by atoms with Crippen LogP contribution in [0.5, 0.6) is 11.5 Å². The lowest BCUT2D eigenvalue weighted by Crippen LogP contribution is -2.35. The van der Waals surface area contributed by atoms with E-state index < -0.39 is 0 Å². The molecule has 2 heterocycles. The smallest absolute Gasteiger partial charge is 0.265 e. The van der Waals surface area contributed by atoms with Crippen LogP contribution < -0.4 is 14.8 Å². The molecule has 1 N–H and O–H groups in total. The van der Waals surface area contributed by atoms with Crippen molar-refractivity contribution in [1.82, 2.24) is 15.5 Å². The lowest BCUT2D eigenvalue weighted by molar-refractivity contribution is 0.0734. The Morgan fingerprint density at radius 3 is 2.62 bits per heavy atom. The van der Waals surface area contributed by atoms with Gasteiger partial charge in [-0.1, -0.05) is 11.2 Å². The Morgan fingerprint density at radius 2 is 2.00 bits per heavy atom. The normalized spacial score (nSPS) is 18.5. The third kappa shape index (κ3) is 2.70. The van der Waals surface area contributed by atoms with Gasteiger partial charge in [-0.25, -0.2) is 0 Å². The number of benzene rings is 1. The van der Waals surface area contributed by atoms with E-state index in [4.69, 9.17) is 18.7 Å². The summed E-state index contributed by atoms with van der Waals surface area (Å²) in [5.74, 6) is 2.18. The van der Waals surface area contributed by atoms with Crippen molar-refractivity contribution >= 4 is 0 Å². The monoisotopic (exact) mass is 291 g/mol. The molecule has 1 aliphatic heterocycles. The zero-order valence-electron chi connectivity index (χ0n) is 12.0. The first-order chi connectivity index (χ1) is 10.3. The maximum Gasteiger partial charge on any atom is 0.265 e. The van der Waals surface area contributed by atoms with Crippen LogP contribution in [-0.4, -0.2) is 44.1 Å². The molecule has 21 heavy (non-hydrogen) atoms. The highest BCUT2D eigenvalue weighted by molar-refractivity contribution is 5.70. The van der Waals surface area contributed by atoms with Crippen LogP contribution in [0.15, 0.2) is 22.7 Å². The van der Waals surface area contributed by atoms with Gasteiger partial charge in [0.1, 0.15) is 17.1 Å². The molecule has 1 fully saturated rings. The number of ether oxygens (including phenoxy) is 3. The van der Waals surface area contributed by atoms with Crippen LogP contribution in [-0.2, 0) is 4.74 Å². The standard InChI is InChI=1S/C14H17N3O4/c1-18-10-4-3-5-11(19-2)12(10)14-16-13(17-21-14)9-8-20-7-6-15-9/h3-5,9,15H,6-8H2,1-2H3. The van der Waals surface area contributed by atoms with Gasteiger partial charge in [-0.2, -0.15) is 4.98 Å². The van der Waals surface area contributed by atoms with E-state index in [1.807, 2.05) is 18.2 Å². The second-order valence-corrected chi connectivity index (χ2v) is 4.58. The molecule has 1 aromatic heterocycles. The third-order valence-corrected chi connectivity index (χ3v) is 3.32. The fraction of sp³-hybridized carbons (Fsp3) is 0.429. The van der Waals surface area contributed by atoms with E-state index in [1.54, 1.807) is 14.2 Å². The van der Waals surface area contributed by atoms with Gasteiger partial charge in [-0.15, -0.1) is 0 Å². The van der Waals surface area contributed by atoms with Gasteiger partial charge in [0, 0.05) is 6.54 Å². The third-order valence-electron chi connectivity index (χ3n) is 3.32. The first-order valence-corrected chi connectivity index (χ1v) is 6.69. The van der Waals surface area contributed by atoms with E-state index in [1.165, 1.54) is 0 Å². The molecular weight excluding hydrogens is 274 g/mol. The Morgan fingerprint density at radius 1 is 1.24 bits per heavy atom. The summed E-state index contributed by atoms with van der Waals surface area (Å²) in [6.07, 6.45) is 0. The van der Waals surface area contributed by atoms with Gasteiger partial charge in [0.05, 0.1) is 33.5 Å². The second-order valence-electron chi connectivity index (χ2n) is 4.58. The summed E-state index contributed by atoms with van der Waals surface area (Å²) in [6.45, 7) is 2.00. The highest BCUT2D eigenvalue weighted by atomic mass is 16.5. The van der Waals surface area contributed by atoms with Crippen molar-refractivity contribution in [2.24, 2.45) is 0 Å². The van der Waals surface area contributed by atoms with Crippen molar-refractivity contribution in [3.8, 4) is 23.0 Å². The number of aromatic nitrogens is 2. The average Bonchev–Trinajstić information content (AvgIpc) is 3.04. The molecule has 3 rings (SSSR count). The molecule has 0 aliphatic carbocycles. The van der Waals surface area contributed by atoms with Crippen molar-refractivity contribution in [3.63, 3.8) is 0 Å². The number of methoxy groups -OCH3 is 2. The van der Waals surface area contributed by atoms with Crippen molar-refractivity contribution in [1.29, 1.82) is 0 Å². The fourth-order valence-electron chi connectivity index (χ4n) is 2.27. The van der Waals surface area contributed by atoms with Gasteiger partial charge >= 0.3 is 0 Å². The molecule has 0 bridgehead atoms. The van der Waals surface area contributed by atoms with Crippen molar-refractivity contribution in [2.75, 3.05) is 34.0 Å². The van der Waals surface area contributed by atoms with E-state index in [9.17, 15) is 0 Å². The van der Waals surface area contributed by atoms with Crippen LogP contribution in [0.2, 0.25) is 0 Å². The van der Waals surface area contributed by atoms with Crippen LogP contribution in [0.1, 0.15) is 11.9 Å². The molecule has 2 aromatic rings. The van der Waals surface area contributed by atoms with Crippen molar-refractivity contribution in [2.45, 2.75) is 6.04 Å². The Labute approximate surface area is 122 Å². The lowest BCUT2D eigenvalue weighted by atomic mass is 10.1. The summed E-state index contributed by atoms with van der Waals surface area (Å²) in [7, 11) is 3.18.